The molecule has 0 saturated heterocycles. The number of phenolic OH excluding ortho intramolecular Hbond substituents is 1. The van der Waals surface area contributed by atoms with E-state index in [1.54, 1.807) is 0 Å². The third-order valence-electron chi connectivity index (χ3n) is 3.04. The first-order valence-electron chi connectivity index (χ1n) is 6.00. The number of rotatable bonds is 4. The minimum absolute atomic E-state index is 0.478. The van der Waals surface area contributed by atoms with E-state index >= 15 is 0 Å². The third-order valence-corrected chi connectivity index (χ3v) is 3.04. The molecule has 0 fully saturated rings. The van der Waals surface area contributed by atoms with Gasteiger partial charge >= 0.3 is 0 Å². The molecular formula is C15H18O. The smallest absolute Gasteiger partial charge is 0.126 e. The Morgan fingerprint density at radius 3 is 2.88 bits per heavy atom. The van der Waals surface area contributed by atoms with Crippen LogP contribution in [0, 0.1) is 0 Å². The van der Waals surface area contributed by atoms with E-state index in [1.807, 2.05) is 24.3 Å². The molecule has 0 spiro atoms. The van der Waals surface area contributed by atoms with Crippen molar-refractivity contribution in [3.8, 4) is 5.75 Å². The van der Waals surface area contributed by atoms with E-state index in [0.29, 0.717) is 5.75 Å². The summed E-state index contributed by atoms with van der Waals surface area (Å²) < 4.78 is 0. The fraction of sp³-hybridized carbons (Fsp3) is 0.333. The molecule has 0 bridgehead atoms. The Morgan fingerprint density at radius 1 is 1.31 bits per heavy atom. The molecule has 2 rings (SSSR count). The fourth-order valence-corrected chi connectivity index (χ4v) is 2.07. The lowest BCUT2D eigenvalue weighted by atomic mass is 9.98. The molecule has 0 unspecified atom stereocenters. The van der Waals surface area contributed by atoms with E-state index in [-0.39, 0.29) is 0 Å². The lowest BCUT2D eigenvalue weighted by Crippen LogP contribution is -1.90. The summed E-state index contributed by atoms with van der Waals surface area (Å²) in [5, 5.41) is 10.2. The summed E-state index contributed by atoms with van der Waals surface area (Å²) in [6.45, 7) is 2.17. The third kappa shape index (κ3) is 2.19. The van der Waals surface area contributed by atoms with E-state index in [4.69, 9.17) is 0 Å². The van der Waals surface area contributed by atoms with Gasteiger partial charge in [0.1, 0.15) is 5.75 Å². The molecule has 1 heteroatoms. The topological polar surface area (TPSA) is 20.2 Å². The van der Waals surface area contributed by atoms with Crippen molar-refractivity contribution in [2.45, 2.75) is 32.6 Å². The Hall–Kier alpha value is -1.50. The Labute approximate surface area is 97.1 Å². The summed E-state index contributed by atoms with van der Waals surface area (Å²) in [6, 6.07) is 6.07. The van der Waals surface area contributed by atoms with Gasteiger partial charge in [-0.2, -0.15) is 0 Å². The van der Waals surface area contributed by atoms with Crippen LogP contribution in [-0.2, 0) is 6.42 Å². The highest BCUT2D eigenvalue weighted by atomic mass is 16.3. The molecule has 0 aliphatic heterocycles. The van der Waals surface area contributed by atoms with Gasteiger partial charge in [-0.1, -0.05) is 49.8 Å². The molecule has 1 nitrogen and oxygen atoms in total. The molecule has 1 aromatic rings. The quantitative estimate of drug-likeness (QED) is 0.800. The van der Waals surface area contributed by atoms with Gasteiger partial charge in [-0.15, -0.1) is 0 Å². The van der Waals surface area contributed by atoms with Gasteiger partial charge in [0.15, 0.2) is 0 Å². The van der Waals surface area contributed by atoms with Gasteiger partial charge in [-0.3, -0.25) is 0 Å². The molecule has 0 atom stereocenters. The summed E-state index contributed by atoms with van der Waals surface area (Å²) in [5.41, 5.74) is 3.29. The minimum Gasteiger partial charge on any atom is -0.507 e. The van der Waals surface area contributed by atoms with Crippen molar-refractivity contribution in [3.63, 3.8) is 0 Å². The number of para-hydroxylation sites is 1. The van der Waals surface area contributed by atoms with Crippen molar-refractivity contribution in [1.82, 2.24) is 0 Å². The minimum atomic E-state index is 0.478. The highest BCUT2D eigenvalue weighted by molar-refractivity contribution is 5.75. The average molecular weight is 214 g/mol. The van der Waals surface area contributed by atoms with Crippen LogP contribution in [0.3, 0.4) is 0 Å². The number of benzene rings is 1. The van der Waals surface area contributed by atoms with E-state index < -0.39 is 0 Å². The molecule has 0 heterocycles. The number of hydrogen-bond donors (Lipinski definition) is 1. The number of phenols is 1. The van der Waals surface area contributed by atoms with Crippen LogP contribution in [0.2, 0.25) is 0 Å². The Morgan fingerprint density at radius 2 is 2.19 bits per heavy atom. The van der Waals surface area contributed by atoms with E-state index in [2.05, 4.69) is 19.1 Å². The van der Waals surface area contributed by atoms with Crippen LogP contribution in [0.15, 0.2) is 36.4 Å². The molecule has 1 aliphatic carbocycles. The summed E-state index contributed by atoms with van der Waals surface area (Å²) in [6.07, 6.45) is 10.4. The summed E-state index contributed by atoms with van der Waals surface area (Å²) in [7, 11) is 0. The zero-order valence-corrected chi connectivity index (χ0v) is 9.74. The van der Waals surface area contributed by atoms with Crippen molar-refractivity contribution in [1.29, 1.82) is 0 Å². The van der Waals surface area contributed by atoms with Crippen molar-refractivity contribution < 1.29 is 5.11 Å². The van der Waals surface area contributed by atoms with Gasteiger partial charge in [0, 0.05) is 5.56 Å². The zero-order valence-electron chi connectivity index (χ0n) is 9.74. The van der Waals surface area contributed by atoms with Gasteiger partial charge in [0.25, 0.3) is 0 Å². The van der Waals surface area contributed by atoms with Gasteiger partial charge in [-0.25, -0.2) is 0 Å². The largest absolute Gasteiger partial charge is 0.507 e. The normalized spacial score (nSPS) is 14.2. The number of hydrogen-bond acceptors (Lipinski definition) is 1. The van der Waals surface area contributed by atoms with E-state index in [0.717, 1.165) is 36.8 Å². The van der Waals surface area contributed by atoms with Crippen LogP contribution in [-0.4, -0.2) is 5.11 Å². The summed E-state index contributed by atoms with van der Waals surface area (Å²) in [5.74, 6) is 0.478. The molecule has 0 aromatic heterocycles. The maximum atomic E-state index is 10.2. The fourth-order valence-electron chi connectivity index (χ4n) is 2.07. The van der Waals surface area contributed by atoms with E-state index in [1.165, 1.54) is 5.57 Å². The first kappa shape index (κ1) is 11.0. The molecule has 0 saturated carbocycles. The lowest BCUT2D eigenvalue weighted by molar-refractivity contribution is 0.465. The molecule has 16 heavy (non-hydrogen) atoms. The van der Waals surface area contributed by atoms with Crippen LogP contribution in [0.5, 0.6) is 5.75 Å². The SMILES string of the molecule is CCCCc1cccc(C2=CC=CC2)c1O. The number of aromatic hydroxyl groups is 1. The highest BCUT2D eigenvalue weighted by Crippen LogP contribution is 2.33. The molecule has 1 aromatic carbocycles. The van der Waals surface area contributed by atoms with Gasteiger partial charge in [0.05, 0.1) is 0 Å². The number of unbranched alkanes of at least 4 members (excludes halogenated alkanes) is 1. The van der Waals surface area contributed by atoms with Crippen LogP contribution < -0.4 is 0 Å². The Bertz CT molecular complexity index is 427. The van der Waals surface area contributed by atoms with Gasteiger partial charge in [0.2, 0.25) is 0 Å². The molecular weight excluding hydrogens is 196 g/mol. The summed E-state index contributed by atoms with van der Waals surface area (Å²) >= 11 is 0. The second kappa shape index (κ2) is 5.02. The van der Waals surface area contributed by atoms with Crippen LogP contribution in [0.25, 0.3) is 5.57 Å². The second-order valence-corrected chi connectivity index (χ2v) is 4.24. The first-order chi connectivity index (χ1) is 7.83. The van der Waals surface area contributed by atoms with Crippen LogP contribution in [0.4, 0.5) is 0 Å². The van der Waals surface area contributed by atoms with Crippen LogP contribution in [0.1, 0.15) is 37.3 Å². The predicted molar refractivity (Wildman–Crippen MR) is 68.5 cm³/mol. The molecule has 1 N–H and O–H groups in total. The van der Waals surface area contributed by atoms with Crippen molar-refractivity contribution in [2.24, 2.45) is 0 Å². The Kier molecular flexibility index (Phi) is 3.45. The van der Waals surface area contributed by atoms with Crippen molar-refractivity contribution in [2.75, 3.05) is 0 Å². The number of allylic oxidation sites excluding steroid dienone is 4. The maximum absolute atomic E-state index is 10.2. The lowest BCUT2D eigenvalue weighted by Gasteiger charge is -2.10. The Balaban J connectivity index is 2.26. The monoisotopic (exact) mass is 214 g/mol. The molecule has 1 aliphatic rings. The predicted octanol–water partition coefficient (Wildman–Crippen LogP) is 4.08. The van der Waals surface area contributed by atoms with Gasteiger partial charge < -0.3 is 5.11 Å². The maximum Gasteiger partial charge on any atom is 0.126 e. The van der Waals surface area contributed by atoms with Gasteiger partial charge in [-0.05, 0) is 30.4 Å². The molecule has 0 amide bonds. The summed E-state index contributed by atoms with van der Waals surface area (Å²) in [4.78, 5) is 0. The van der Waals surface area contributed by atoms with Crippen molar-refractivity contribution in [3.05, 3.63) is 47.6 Å². The standard InChI is InChI=1S/C15H18O/c1-2-3-7-13-10-6-11-14(15(13)16)12-8-4-5-9-12/h4-6,8,10-11,16H,2-3,7,9H2,1H3. The first-order valence-corrected chi connectivity index (χ1v) is 6.00. The van der Waals surface area contributed by atoms with Crippen LogP contribution >= 0.6 is 0 Å². The average Bonchev–Trinajstić information content (AvgIpc) is 2.81. The number of aryl methyl sites for hydroxylation is 1. The van der Waals surface area contributed by atoms with E-state index in [9.17, 15) is 5.11 Å². The second-order valence-electron chi connectivity index (χ2n) is 4.24. The zero-order chi connectivity index (χ0) is 11.4. The molecule has 0 radical (unpaired) electrons. The highest BCUT2D eigenvalue weighted by Gasteiger charge is 2.11. The molecule has 84 valence electrons. The van der Waals surface area contributed by atoms with Crippen molar-refractivity contribution >= 4 is 5.57 Å².